The second kappa shape index (κ2) is 5.48. The van der Waals surface area contributed by atoms with Crippen molar-refractivity contribution in [1.82, 2.24) is 0 Å². The van der Waals surface area contributed by atoms with Gasteiger partial charge in [0.25, 0.3) is 9.84 Å². The van der Waals surface area contributed by atoms with E-state index in [-0.39, 0.29) is 13.2 Å². The Labute approximate surface area is 91.4 Å². The molecular weight excluding hydrogens is 272 g/mol. The van der Waals surface area contributed by atoms with Crippen LogP contribution < -0.4 is 0 Å². The van der Waals surface area contributed by atoms with Crippen molar-refractivity contribution in [3.8, 4) is 0 Å². The zero-order chi connectivity index (χ0) is 13.0. The van der Waals surface area contributed by atoms with E-state index in [0.717, 1.165) is 0 Å². The van der Waals surface area contributed by atoms with Gasteiger partial charge in [0, 0.05) is 0 Å². The minimum absolute atomic E-state index is 0.204. The predicted octanol–water partition coefficient (Wildman–Crippen LogP) is 2.14. The molecule has 0 atom stereocenters. The van der Waals surface area contributed by atoms with Crippen molar-refractivity contribution in [2.24, 2.45) is 0 Å². The Hall–Kier alpha value is -0.110. The summed E-state index contributed by atoms with van der Waals surface area (Å²) in [5.74, 6) is 0. The smallest absolute Gasteiger partial charge is 0.308 e. The van der Waals surface area contributed by atoms with Gasteiger partial charge in [0.05, 0.1) is 13.2 Å². The molecule has 98 valence electrons. The Morgan fingerprint density at radius 2 is 1.50 bits per heavy atom. The molecule has 0 saturated heterocycles. The quantitative estimate of drug-likeness (QED) is 0.699. The Morgan fingerprint density at radius 1 is 1.12 bits per heavy atom. The number of hydrogen-bond acceptors (Lipinski definition) is 5. The van der Waals surface area contributed by atoms with Crippen LogP contribution in [0, 0.1) is 0 Å². The van der Waals surface area contributed by atoms with Crippen LogP contribution in [0.25, 0.3) is 0 Å². The van der Waals surface area contributed by atoms with E-state index in [1.807, 2.05) is 0 Å². The number of alkyl halides is 3. The molecule has 0 aromatic heterocycles. The minimum Gasteiger partial charge on any atom is -0.308 e. The van der Waals surface area contributed by atoms with E-state index in [2.05, 4.69) is 9.05 Å². The largest absolute Gasteiger partial charge is 0.498 e. The molecule has 0 N–H and O–H groups in total. The number of rotatable bonds is 6. The monoisotopic (exact) mass is 284 g/mol. The van der Waals surface area contributed by atoms with Gasteiger partial charge < -0.3 is 9.05 Å². The highest BCUT2D eigenvalue weighted by molar-refractivity contribution is 7.98. The van der Waals surface area contributed by atoms with E-state index >= 15 is 0 Å². The molecule has 0 saturated carbocycles. The van der Waals surface area contributed by atoms with Gasteiger partial charge in [-0.1, -0.05) is 0 Å². The van der Waals surface area contributed by atoms with Crippen LogP contribution in [-0.4, -0.2) is 32.6 Å². The number of sulfone groups is 1. The number of halogens is 3. The third kappa shape index (κ3) is 4.40. The van der Waals surface area contributed by atoms with Crippen molar-refractivity contribution in [2.75, 3.05) is 18.7 Å². The van der Waals surface area contributed by atoms with Crippen molar-refractivity contribution in [2.45, 2.75) is 19.4 Å². The van der Waals surface area contributed by atoms with Crippen LogP contribution in [0.1, 0.15) is 13.8 Å². The van der Waals surface area contributed by atoms with Gasteiger partial charge in [-0.15, -0.1) is 0 Å². The van der Waals surface area contributed by atoms with Gasteiger partial charge in [0.1, 0.15) is 0 Å². The summed E-state index contributed by atoms with van der Waals surface area (Å²) in [7, 11) is -9.76. The number of hydrogen-bond donors (Lipinski definition) is 0. The van der Waals surface area contributed by atoms with Gasteiger partial charge >= 0.3 is 13.1 Å². The lowest BCUT2D eigenvalue weighted by atomic mass is 10.9. The van der Waals surface area contributed by atoms with Crippen LogP contribution in [0.2, 0.25) is 0 Å². The maximum Gasteiger partial charge on any atom is 0.498 e. The second-order valence-corrected chi connectivity index (χ2v) is 7.10. The zero-order valence-electron chi connectivity index (χ0n) is 8.65. The molecule has 0 fully saturated rings. The van der Waals surface area contributed by atoms with Gasteiger partial charge in [-0.2, -0.15) is 13.2 Å². The first-order chi connectivity index (χ1) is 7.08. The van der Waals surface area contributed by atoms with Crippen LogP contribution in [0.15, 0.2) is 0 Å². The van der Waals surface area contributed by atoms with Gasteiger partial charge in [0.15, 0.2) is 5.49 Å². The van der Waals surface area contributed by atoms with Crippen molar-refractivity contribution < 1.29 is 35.2 Å². The topological polar surface area (TPSA) is 69.7 Å². The maximum atomic E-state index is 12.0. The molecule has 0 heterocycles. The van der Waals surface area contributed by atoms with E-state index < -0.39 is 28.4 Å². The summed E-state index contributed by atoms with van der Waals surface area (Å²) in [5.41, 5.74) is -7.15. The maximum absolute atomic E-state index is 12.0. The fourth-order valence-electron chi connectivity index (χ4n) is 0.787. The predicted molar refractivity (Wildman–Crippen MR) is 50.7 cm³/mol. The fourth-order valence-corrected chi connectivity index (χ4v) is 4.49. The Morgan fingerprint density at radius 3 is 1.75 bits per heavy atom. The molecule has 5 nitrogen and oxygen atoms in total. The molecular formula is C6H12F3O5PS. The van der Waals surface area contributed by atoms with E-state index in [9.17, 15) is 26.2 Å². The summed E-state index contributed by atoms with van der Waals surface area (Å²) in [5, 5.41) is 0. The molecule has 0 amide bonds. The molecule has 10 heteroatoms. The molecule has 0 aromatic rings. The van der Waals surface area contributed by atoms with Crippen LogP contribution in [-0.2, 0) is 23.4 Å². The highest BCUT2D eigenvalue weighted by atomic mass is 32.2. The van der Waals surface area contributed by atoms with E-state index in [4.69, 9.17) is 0 Å². The van der Waals surface area contributed by atoms with E-state index in [0.29, 0.717) is 0 Å². The van der Waals surface area contributed by atoms with Gasteiger partial charge in [-0.05, 0) is 13.8 Å². The third-order valence-corrected chi connectivity index (χ3v) is 5.97. The summed E-state index contributed by atoms with van der Waals surface area (Å²) in [6, 6.07) is 0. The Balaban J connectivity index is 4.98. The zero-order valence-corrected chi connectivity index (χ0v) is 10.4. The summed E-state index contributed by atoms with van der Waals surface area (Å²) in [6.45, 7) is 2.33. The lowest BCUT2D eigenvalue weighted by Crippen LogP contribution is -2.27. The summed E-state index contributed by atoms with van der Waals surface area (Å²) in [6.07, 6.45) is 0. The molecule has 16 heavy (non-hydrogen) atoms. The normalized spacial score (nSPS) is 14.1. The highest BCUT2D eigenvalue weighted by Gasteiger charge is 2.50. The molecule has 0 aliphatic rings. The fraction of sp³-hybridized carbons (Fsp3) is 1.00. The Bertz CT molecular complexity index is 353. The molecule has 0 bridgehead atoms. The lowest BCUT2D eigenvalue weighted by Gasteiger charge is -2.17. The molecule has 0 aliphatic carbocycles. The van der Waals surface area contributed by atoms with E-state index in [1.54, 1.807) is 0 Å². The van der Waals surface area contributed by atoms with Crippen LogP contribution in [0.4, 0.5) is 13.2 Å². The average molecular weight is 284 g/mol. The van der Waals surface area contributed by atoms with Crippen molar-refractivity contribution >= 4 is 17.4 Å². The Kier molecular flexibility index (Phi) is 5.45. The second-order valence-electron chi connectivity index (χ2n) is 2.64. The van der Waals surface area contributed by atoms with Gasteiger partial charge in [-0.25, -0.2) is 8.42 Å². The van der Waals surface area contributed by atoms with Crippen molar-refractivity contribution in [3.63, 3.8) is 0 Å². The molecule has 0 spiro atoms. The van der Waals surface area contributed by atoms with Crippen LogP contribution >= 0.6 is 7.60 Å². The first-order valence-corrected chi connectivity index (χ1v) is 7.63. The first-order valence-electron chi connectivity index (χ1n) is 4.25. The van der Waals surface area contributed by atoms with Crippen LogP contribution in [0.3, 0.4) is 0 Å². The summed E-state index contributed by atoms with van der Waals surface area (Å²) in [4.78, 5) is 0. The molecule has 0 unspecified atom stereocenters. The van der Waals surface area contributed by atoms with Crippen LogP contribution in [0.5, 0.6) is 0 Å². The minimum atomic E-state index is -5.51. The SMILES string of the molecule is CCOP(=O)(CS(=O)(=O)C(F)(F)F)OCC. The highest BCUT2D eigenvalue weighted by Crippen LogP contribution is 2.51. The first kappa shape index (κ1) is 15.9. The summed E-state index contributed by atoms with van der Waals surface area (Å²) >= 11 is 0. The molecule has 0 aliphatic heterocycles. The average Bonchev–Trinajstić information content (AvgIpc) is 2.00. The van der Waals surface area contributed by atoms with E-state index in [1.165, 1.54) is 13.8 Å². The molecule has 0 rings (SSSR count). The van der Waals surface area contributed by atoms with Crippen molar-refractivity contribution in [3.05, 3.63) is 0 Å². The standard InChI is InChI=1S/C6H12F3O5PS/c1-3-13-15(10,14-4-2)5-16(11,12)6(7,8)9/h3-5H2,1-2H3. The van der Waals surface area contributed by atoms with Gasteiger partial charge in [0.2, 0.25) is 0 Å². The molecule has 0 radical (unpaired) electrons. The molecule has 0 aromatic carbocycles. The lowest BCUT2D eigenvalue weighted by molar-refractivity contribution is -0.0433. The summed E-state index contributed by atoms with van der Waals surface area (Å²) < 4.78 is 78.1. The van der Waals surface area contributed by atoms with Gasteiger partial charge in [-0.3, -0.25) is 4.57 Å². The third-order valence-electron chi connectivity index (χ3n) is 1.33. The van der Waals surface area contributed by atoms with Crippen molar-refractivity contribution in [1.29, 1.82) is 0 Å².